The normalized spacial score (nSPS) is 9.40. The van der Waals surface area contributed by atoms with Crippen LogP contribution in [0.15, 0.2) is 5.57 Å². The van der Waals surface area contributed by atoms with E-state index in [0.29, 0.717) is 11.5 Å². The van der Waals surface area contributed by atoms with Crippen LogP contribution in [0.4, 0.5) is 5.82 Å². The van der Waals surface area contributed by atoms with Gasteiger partial charge in [-0.05, 0) is 6.08 Å². The molecule has 0 aromatic carbocycles. The van der Waals surface area contributed by atoms with Crippen molar-refractivity contribution in [2.45, 2.75) is 19.8 Å². The third kappa shape index (κ3) is 2.35. The molecule has 0 amide bonds. The number of nitrogens with zero attached hydrogens (tertiary/aromatic N) is 3. The number of H-pyrrole nitrogens is 1. The largest absolute Gasteiger partial charge is 0.382 e. The molecule has 0 spiro atoms. The predicted molar refractivity (Wildman–Crippen MR) is 56.3 cm³/mol. The summed E-state index contributed by atoms with van der Waals surface area (Å²) in [7, 11) is 0. The molecule has 1 aromatic heterocycles. The van der Waals surface area contributed by atoms with Crippen molar-refractivity contribution in [2.75, 3.05) is 5.73 Å². The van der Waals surface area contributed by atoms with Gasteiger partial charge in [-0.3, -0.25) is 0 Å². The van der Waals surface area contributed by atoms with Crippen LogP contribution in [0, 0.1) is 22.7 Å². The van der Waals surface area contributed by atoms with Gasteiger partial charge in [0.25, 0.3) is 0 Å². The monoisotopic (exact) mass is 201 g/mol. The van der Waals surface area contributed by atoms with E-state index in [4.69, 9.17) is 16.3 Å². The molecule has 5 heteroatoms. The van der Waals surface area contributed by atoms with Crippen LogP contribution in [-0.4, -0.2) is 9.97 Å². The number of imidazole rings is 1. The topological polar surface area (TPSA) is 102 Å². The van der Waals surface area contributed by atoms with Gasteiger partial charge in [-0.2, -0.15) is 10.5 Å². The highest BCUT2D eigenvalue weighted by Gasteiger charge is 2.08. The Morgan fingerprint density at radius 1 is 1.47 bits per heavy atom. The Hall–Kier alpha value is -2.27. The molecule has 0 saturated carbocycles. The molecule has 0 unspecified atom stereocenters. The van der Waals surface area contributed by atoms with Crippen molar-refractivity contribution in [3.05, 3.63) is 17.1 Å². The molecule has 1 heterocycles. The van der Waals surface area contributed by atoms with Crippen LogP contribution < -0.4 is 5.73 Å². The lowest BCUT2D eigenvalue weighted by molar-refractivity contribution is 0.794. The van der Waals surface area contributed by atoms with E-state index in [1.165, 1.54) is 6.08 Å². The number of aromatic amines is 1. The van der Waals surface area contributed by atoms with Crippen molar-refractivity contribution >= 4 is 11.9 Å². The second kappa shape index (κ2) is 4.30. The maximum absolute atomic E-state index is 8.58. The molecule has 0 aliphatic rings. The van der Waals surface area contributed by atoms with Crippen molar-refractivity contribution in [2.24, 2.45) is 0 Å². The summed E-state index contributed by atoms with van der Waals surface area (Å²) in [5.41, 5.74) is 6.14. The number of nitrogen functional groups attached to an aromatic ring is 1. The number of nitrogens with one attached hydrogen (secondary N) is 1. The first kappa shape index (κ1) is 10.8. The van der Waals surface area contributed by atoms with E-state index >= 15 is 0 Å². The third-order valence-corrected chi connectivity index (χ3v) is 1.86. The van der Waals surface area contributed by atoms with E-state index in [1.807, 2.05) is 13.8 Å². The molecule has 3 N–H and O–H groups in total. The number of aromatic nitrogens is 2. The fourth-order valence-electron chi connectivity index (χ4n) is 1.04. The summed E-state index contributed by atoms with van der Waals surface area (Å²) < 4.78 is 0. The maximum Gasteiger partial charge on any atom is 0.149 e. The van der Waals surface area contributed by atoms with Gasteiger partial charge in [0.05, 0.1) is 5.69 Å². The van der Waals surface area contributed by atoms with Crippen molar-refractivity contribution in [3.8, 4) is 12.1 Å². The Morgan fingerprint density at radius 2 is 2.07 bits per heavy atom. The van der Waals surface area contributed by atoms with Gasteiger partial charge in [0.2, 0.25) is 0 Å². The molecule has 1 rings (SSSR count). The van der Waals surface area contributed by atoms with Crippen LogP contribution in [0.1, 0.15) is 31.3 Å². The SMILES string of the molecule is CC(C)c1nc(N)c(C=C(C#N)C#N)[nH]1. The minimum absolute atomic E-state index is 0.000608. The highest BCUT2D eigenvalue weighted by molar-refractivity contribution is 5.66. The van der Waals surface area contributed by atoms with E-state index in [1.54, 1.807) is 12.1 Å². The summed E-state index contributed by atoms with van der Waals surface area (Å²) in [6.45, 7) is 3.95. The van der Waals surface area contributed by atoms with Gasteiger partial charge in [-0.1, -0.05) is 13.8 Å². The number of anilines is 1. The first-order valence-corrected chi connectivity index (χ1v) is 4.45. The van der Waals surface area contributed by atoms with E-state index in [2.05, 4.69) is 9.97 Å². The molecular weight excluding hydrogens is 190 g/mol. The van der Waals surface area contributed by atoms with Crippen molar-refractivity contribution in [3.63, 3.8) is 0 Å². The van der Waals surface area contributed by atoms with Crippen LogP contribution in [0.3, 0.4) is 0 Å². The minimum atomic E-state index is 0.000608. The second-order valence-corrected chi connectivity index (χ2v) is 3.36. The van der Waals surface area contributed by atoms with Crippen LogP contribution >= 0.6 is 0 Å². The summed E-state index contributed by atoms with van der Waals surface area (Å²) in [4.78, 5) is 7.06. The fraction of sp³-hybridized carbons (Fsp3) is 0.300. The molecule has 5 nitrogen and oxygen atoms in total. The predicted octanol–water partition coefficient (Wildman–Crippen LogP) is 1.55. The molecule has 0 aliphatic heterocycles. The van der Waals surface area contributed by atoms with Crippen LogP contribution in [-0.2, 0) is 0 Å². The quantitative estimate of drug-likeness (QED) is 0.708. The summed E-state index contributed by atoms with van der Waals surface area (Å²) in [5.74, 6) is 1.28. The fourth-order valence-corrected chi connectivity index (χ4v) is 1.04. The highest BCUT2D eigenvalue weighted by Crippen LogP contribution is 2.17. The Morgan fingerprint density at radius 3 is 2.47 bits per heavy atom. The van der Waals surface area contributed by atoms with Gasteiger partial charge in [0.1, 0.15) is 29.4 Å². The zero-order valence-electron chi connectivity index (χ0n) is 8.57. The lowest BCUT2D eigenvalue weighted by Crippen LogP contribution is -1.90. The number of allylic oxidation sites excluding steroid dienone is 1. The van der Waals surface area contributed by atoms with Gasteiger partial charge in [-0.25, -0.2) is 4.98 Å². The second-order valence-electron chi connectivity index (χ2n) is 3.36. The maximum atomic E-state index is 8.58. The number of rotatable bonds is 2. The Balaban J connectivity index is 3.13. The minimum Gasteiger partial charge on any atom is -0.382 e. The van der Waals surface area contributed by atoms with Gasteiger partial charge < -0.3 is 10.7 Å². The lowest BCUT2D eigenvalue weighted by Gasteiger charge is -1.96. The van der Waals surface area contributed by atoms with Crippen LogP contribution in [0.25, 0.3) is 6.08 Å². The highest BCUT2D eigenvalue weighted by atomic mass is 15.0. The number of hydrogen-bond acceptors (Lipinski definition) is 4. The molecule has 1 aromatic rings. The molecule has 0 bridgehead atoms. The van der Waals surface area contributed by atoms with Crippen LogP contribution in [0.5, 0.6) is 0 Å². The average molecular weight is 201 g/mol. The molecule has 0 saturated heterocycles. The van der Waals surface area contributed by atoms with Crippen molar-refractivity contribution < 1.29 is 0 Å². The molecular formula is C10H11N5. The standard InChI is InChI=1S/C10H11N5/c1-6(2)10-14-8(9(13)15-10)3-7(4-11)5-12/h3,6H,13H2,1-2H3,(H,14,15). The molecule has 0 fully saturated rings. The molecule has 76 valence electrons. The Labute approximate surface area is 87.9 Å². The first-order chi connectivity index (χ1) is 7.08. The summed E-state index contributed by atoms with van der Waals surface area (Å²) in [6, 6.07) is 3.53. The lowest BCUT2D eigenvalue weighted by atomic mass is 10.2. The van der Waals surface area contributed by atoms with Gasteiger partial charge >= 0.3 is 0 Å². The van der Waals surface area contributed by atoms with Crippen molar-refractivity contribution in [1.29, 1.82) is 10.5 Å². The first-order valence-electron chi connectivity index (χ1n) is 4.45. The van der Waals surface area contributed by atoms with Gasteiger partial charge in [0, 0.05) is 5.92 Å². The number of nitriles is 2. The summed E-state index contributed by atoms with van der Waals surface area (Å²) in [6.07, 6.45) is 1.40. The summed E-state index contributed by atoms with van der Waals surface area (Å²) in [5, 5.41) is 17.2. The zero-order valence-corrected chi connectivity index (χ0v) is 8.57. The third-order valence-electron chi connectivity index (χ3n) is 1.86. The Kier molecular flexibility index (Phi) is 3.10. The molecule has 0 aliphatic carbocycles. The van der Waals surface area contributed by atoms with E-state index in [9.17, 15) is 0 Å². The molecule has 0 radical (unpaired) electrons. The van der Waals surface area contributed by atoms with Gasteiger partial charge in [-0.15, -0.1) is 0 Å². The number of hydrogen-bond donors (Lipinski definition) is 2. The summed E-state index contributed by atoms with van der Waals surface area (Å²) >= 11 is 0. The van der Waals surface area contributed by atoms with E-state index < -0.39 is 0 Å². The Bertz CT molecular complexity index is 451. The van der Waals surface area contributed by atoms with E-state index in [-0.39, 0.29) is 11.5 Å². The van der Waals surface area contributed by atoms with Crippen LogP contribution in [0.2, 0.25) is 0 Å². The molecule has 0 atom stereocenters. The zero-order chi connectivity index (χ0) is 11.4. The number of nitrogens with two attached hydrogens (primary N) is 1. The van der Waals surface area contributed by atoms with Gasteiger partial charge in [0.15, 0.2) is 0 Å². The molecule has 15 heavy (non-hydrogen) atoms. The average Bonchev–Trinajstić information content (AvgIpc) is 2.56. The van der Waals surface area contributed by atoms with E-state index in [0.717, 1.165) is 5.82 Å². The smallest absolute Gasteiger partial charge is 0.149 e. The van der Waals surface area contributed by atoms with Crippen molar-refractivity contribution in [1.82, 2.24) is 9.97 Å².